The summed E-state index contributed by atoms with van der Waals surface area (Å²) >= 11 is 0. The fourth-order valence-corrected chi connectivity index (χ4v) is 3.52. The summed E-state index contributed by atoms with van der Waals surface area (Å²) in [7, 11) is 0. The molecule has 0 atom stereocenters. The Morgan fingerprint density at radius 3 is 2.86 bits per heavy atom. The molecule has 28 heavy (non-hydrogen) atoms. The Hall–Kier alpha value is -3.28. The second-order valence-corrected chi connectivity index (χ2v) is 6.81. The van der Waals surface area contributed by atoms with Gasteiger partial charge >= 0.3 is 5.97 Å². The lowest BCUT2D eigenvalue weighted by atomic mass is 10.0. The van der Waals surface area contributed by atoms with Crippen molar-refractivity contribution < 1.29 is 18.7 Å². The zero-order valence-corrected chi connectivity index (χ0v) is 15.4. The van der Waals surface area contributed by atoms with E-state index in [1.807, 2.05) is 24.3 Å². The van der Waals surface area contributed by atoms with Crippen LogP contribution in [0.25, 0.3) is 10.9 Å². The molecule has 142 valence electrons. The van der Waals surface area contributed by atoms with Crippen molar-refractivity contribution in [1.82, 2.24) is 4.98 Å². The van der Waals surface area contributed by atoms with Crippen LogP contribution in [0.2, 0.25) is 0 Å². The molecule has 1 aliphatic rings. The van der Waals surface area contributed by atoms with Gasteiger partial charge in [-0.1, -0.05) is 18.2 Å². The summed E-state index contributed by atoms with van der Waals surface area (Å²) in [6.45, 7) is 1.92. The zero-order chi connectivity index (χ0) is 19.7. The van der Waals surface area contributed by atoms with E-state index < -0.39 is 5.97 Å². The Labute approximate surface area is 161 Å². The van der Waals surface area contributed by atoms with Crippen molar-refractivity contribution in [3.63, 3.8) is 0 Å². The van der Waals surface area contributed by atoms with Crippen molar-refractivity contribution in [2.45, 2.75) is 19.8 Å². The molecule has 1 amide bonds. The average molecular weight is 378 g/mol. The van der Waals surface area contributed by atoms with Crippen molar-refractivity contribution in [2.24, 2.45) is 0 Å². The second-order valence-electron chi connectivity index (χ2n) is 6.81. The van der Waals surface area contributed by atoms with Gasteiger partial charge < -0.3 is 9.64 Å². The molecule has 0 fully saturated rings. The number of pyridine rings is 1. The van der Waals surface area contributed by atoms with E-state index in [4.69, 9.17) is 4.74 Å². The number of nitrogens with zero attached hydrogens (tertiary/aromatic N) is 2. The van der Waals surface area contributed by atoms with Crippen molar-refractivity contribution in [2.75, 3.05) is 18.1 Å². The highest BCUT2D eigenvalue weighted by Gasteiger charge is 2.23. The molecule has 6 heteroatoms. The number of anilines is 1. The predicted octanol–water partition coefficient (Wildman–Crippen LogP) is 3.82. The molecule has 0 N–H and O–H groups in total. The number of hydrogen-bond donors (Lipinski definition) is 0. The minimum absolute atomic E-state index is 0.256. The lowest BCUT2D eigenvalue weighted by Gasteiger charge is -2.29. The minimum atomic E-state index is -0.616. The van der Waals surface area contributed by atoms with E-state index in [1.54, 1.807) is 24.0 Å². The third kappa shape index (κ3) is 3.45. The van der Waals surface area contributed by atoms with Crippen molar-refractivity contribution in [3.8, 4) is 0 Å². The molecule has 0 saturated carbocycles. The molecule has 0 aliphatic carbocycles. The van der Waals surface area contributed by atoms with Gasteiger partial charge in [-0.15, -0.1) is 0 Å². The summed E-state index contributed by atoms with van der Waals surface area (Å²) in [4.78, 5) is 31.1. The fourth-order valence-electron chi connectivity index (χ4n) is 3.52. The van der Waals surface area contributed by atoms with E-state index in [0.717, 1.165) is 24.1 Å². The maximum absolute atomic E-state index is 13.3. The number of carbonyl (C=O) groups excluding carboxylic acids is 2. The molecule has 2 heterocycles. The molecule has 0 bridgehead atoms. The number of aryl methyl sites for hydroxylation is 2. The van der Waals surface area contributed by atoms with E-state index >= 15 is 0 Å². The molecule has 4 rings (SSSR count). The Morgan fingerprint density at radius 2 is 2.00 bits per heavy atom. The maximum atomic E-state index is 13.3. The number of amides is 1. The largest absolute Gasteiger partial charge is 0.452 e. The van der Waals surface area contributed by atoms with Gasteiger partial charge in [-0.3, -0.25) is 9.78 Å². The van der Waals surface area contributed by atoms with Crippen LogP contribution in [-0.2, 0) is 16.0 Å². The predicted molar refractivity (Wildman–Crippen MR) is 104 cm³/mol. The number of esters is 1. The SMILES string of the molecule is Cc1nc2cc(F)ccc2cc1C(=O)OCC(=O)N1CCCc2ccccc21. The van der Waals surface area contributed by atoms with Crippen LogP contribution in [0.3, 0.4) is 0 Å². The number of rotatable bonds is 3. The number of benzene rings is 2. The average Bonchev–Trinajstić information content (AvgIpc) is 2.70. The lowest BCUT2D eigenvalue weighted by molar-refractivity contribution is -0.121. The van der Waals surface area contributed by atoms with Crippen molar-refractivity contribution in [1.29, 1.82) is 0 Å². The number of aromatic nitrogens is 1. The summed E-state index contributed by atoms with van der Waals surface area (Å²) in [5, 5.41) is 0.634. The van der Waals surface area contributed by atoms with Gasteiger partial charge in [-0.2, -0.15) is 0 Å². The number of para-hydroxylation sites is 1. The van der Waals surface area contributed by atoms with Crippen LogP contribution in [0, 0.1) is 12.7 Å². The van der Waals surface area contributed by atoms with E-state index in [2.05, 4.69) is 4.98 Å². The number of carbonyl (C=O) groups is 2. The summed E-state index contributed by atoms with van der Waals surface area (Å²) in [5.41, 5.74) is 3.16. The number of fused-ring (bicyclic) bond motifs is 2. The molecular weight excluding hydrogens is 359 g/mol. The molecule has 5 nitrogen and oxygen atoms in total. The molecular formula is C22H19FN2O3. The van der Waals surface area contributed by atoms with E-state index in [1.165, 1.54) is 12.1 Å². The molecule has 0 spiro atoms. The summed E-state index contributed by atoms with van der Waals surface area (Å²) in [6.07, 6.45) is 1.81. The first kappa shape index (κ1) is 18.1. The Balaban J connectivity index is 1.49. The van der Waals surface area contributed by atoms with Gasteiger partial charge in [0.25, 0.3) is 5.91 Å². The highest BCUT2D eigenvalue weighted by molar-refractivity contribution is 5.99. The monoisotopic (exact) mass is 378 g/mol. The standard InChI is InChI=1S/C22H19FN2O3/c1-14-18(11-16-8-9-17(23)12-19(16)24-14)22(27)28-13-21(26)25-10-4-6-15-5-2-3-7-20(15)25/h2-3,5,7-9,11-12H,4,6,10,13H2,1H3. The van der Waals surface area contributed by atoms with Crippen LogP contribution < -0.4 is 4.90 Å². The van der Waals surface area contributed by atoms with Gasteiger partial charge in [-0.05, 0) is 49.6 Å². The normalized spacial score (nSPS) is 13.3. The van der Waals surface area contributed by atoms with Gasteiger partial charge in [0.1, 0.15) is 5.82 Å². The maximum Gasteiger partial charge on any atom is 0.340 e. The lowest BCUT2D eigenvalue weighted by Crippen LogP contribution is -2.38. The zero-order valence-electron chi connectivity index (χ0n) is 15.4. The highest BCUT2D eigenvalue weighted by atomic mass is 19.1. The molecule has 0 radical (unpaired) electrons. The molecule has 0 unspecified atom stereocenters. The number of ether oxygens (including phenoxy) is 1. The summed E-state index contributed by atoms with van der Waals surface area (Å²) in [6, 6.07) is 13.6. The Morgan fingerprint density at radius 1 is 1.18 bits per heavy atom. The Kier molecular flexibility index (Phi) is 4.77. The molecule has 1 aromatic heterocycles. The van der Waals surface area contributed by atoms with Crippen LogP contribution in [0.5, 0.6) is 0 Å². The summed E-state index contributed by atoms with van der Waals surface area (Å²) < 4.78 is 18.6. The van der Waals surface area contributed by atoms with Gasteiger partial charge in [0.05, 0.1) is 16.8 Å². The number of hydrogen-bond acceptors (Lipinski definition) is 4. The van der Waals surface area contributed by atoms with Gasteiger partial charge in [0.2, 0.25) is 0 Å². The van der Waals surface area contributed by atoms with Crippen molar-refractivity contribution in [3.05, 3.63) is 71.2 Å². The first-order valence-electron chi connectivity index (χ1n) is 9.15. The third-order valence-electron chi connectivity index (χ3n) is 4.93. The highest BCUT2D eigenvalue weighted by Crippen LogP contribution is 2.26. The second kappa shape index (κ2) is 7.38. The smallest absolute Gasteiger partial charge is 0.340 e. The number of halogens is 1. The van der Waals surface area contributed by atoms with E-state index in [0.29, 0.717) is 23.1 Å². The van der Waals surface area contributed by atoms with Crippen LogP contribution in [-0.4, -0.2) is 30.0 Å². The van der Waals surface area contributed by atoms with Crippen LogP contribution in [0.15, 0.2) is 48.5 Å². The first-order chi connectivity index (χ1) is 13.5. The van der Waals surface area contributed by atoms with Crippen LogP contribution in [0.1, 0.15) is 28.0 Å². The van der Waals surface area contributed by atoms with Crippen LogP contribution >= 0.6 is 0 Å². The van der Waals surface area contributed by atoms with E-state index in [-0.39, 0.29) is 23.9 Å². The molecule has 1 aliphatic heterocycles. The van der Waals surface area contributed by atoms with Gasteiger partial charge in [0.15, 0.2) is 6.61 Å². The summed E-state index contributed by atoms with van der Waals surface area (Å²) in [5.74, 6) is -1.26. The van der Waals surface area contributed by atoms with E-state index in [9.17, 15) is 14.0 Å². The molecule has 2 aromatic carbocycles. The van der Waals surface area contributed by atoms with Gasteiger partial charge in [-0.25, -0.2) is 9.18 Å². The molecule has 0 saturated heterocycles. The van der Waals surface area contributed by atoms with Crippen LogP contribution in [0.4, 0.5) is 10.1 Å². The molecule has 3 aromatic rings. The fraction of sp³-hybridized carbons (Fsp3) is 0.227. The third-order valence-corrected chi connectivity index (χ3v) is 4.93. The minimum Gasteiger partial charge on any atom is -0.452 e. The Bertz CT molecular complexity index is 1080. The van der Waals surface area contributed by atoms with Gasteiger partial charge in [0, 0.05) is 23.7 Å². The quantitative estimate of drug-likeness (QED) is 0.650. The first-order valence-corrected chi connectivity index (χ1v) is 9.15. The topological polar surface area (TPSA) is 59.5 Å². The van der Waals surface area contributed by atoms with Crippen molar-refractivity contribution >= 4 is 28.5 Å².